The maximum atomic E-state index is 12.3. The zero-order valence-corrected chi connectivity index (χ0v) is 12.3. The van der Waals surface area contributed by atoms with Crippen LogP contribution in [0.5, 0.6) is 0 Å². The molecule has 116 valence electrons. The van der Waals surface area contributed by atoms with Crippen molar-refractivity contribution in [1.82, 2.24) is 10.6 Å². The molecule has 6 heteroatoms. The molecule has 0 aliphatic carbocycles. The standard InChI is InChI=1S/C16H19N3O3/c20-14(12-5-8-17-9-6-12)18-15(21)16(22)19-10-7-11-3-1-2-4-13(11)19/h1-4,12,17H,5-10H2,(H,18,20,21). The molecule has 6 nitrogen and oxygen atoms in total. The van der Waals surface area contributed by atoms with Gasteiger partial charge in [-0.1, -0.05) is 18.2 Å². The Balaban J connectivity index is 1.63. The molecule has 0 spiro atoms. The molecule has 2 heterocycles. The van der Waals surface area contributed by atoms with Gasteiger partial charge in [-0.3, -0.25) is 19.7 Å². The lowest BCUT2D eigenvalue weighted by molar-refractivity contribution is -0.142. The van der Waals surface area contributed by atoms with E-state index >= 15 is 0 Å². The Morgan fingerprint density at radius 2 is 1.86 bits per heavy atom. The number of carbonyl (C=O) groups excluding carboxylic acids is 3. The number of rotatable bonds is 1. The number of carbonyl (C=O) groups is 3. The molecule has 0 bridgehead atoms. The van der Waals surface area contributed by atoms with Gasteiger partial charge in [0.05, 0.1) is 0 Å². The predicted octanol–water partition coefficient (Wildman–Crippen LogP) is 0.218. The smallest absolute Gasteiger partial charge is 0.316 e. The molecule has 2 aliphatic rings. The number of hydrogen-bond donors (Lipinski definition) is 2. The fraction of sp³-hybridized carbons (Fsp3) is 0.438. The lowest BCUT2D eigenvalue weighted by atomic mass is 9.97. The van der Waals surface area contributed by atoms with Crippen LogP contribution in [0.15, 0.2) is 24.3 Å². The van der Waals surface area contributed by atoms with Gasteiger partial charge in [0.2, 0.25) is 5.91 Å². The third kappa shape index (κ3) is 2.87. The Morgan fingerprint density at radius 3 is 2.64 bits per heavy atom. The van der Waals surface area contributed by atoms with Crippen LogP contribution in [0.2, 0.25) is 0 Å². The molecule has 0 atom stereocenters. The van der Waals surface area contributed by atoms with Crippen molar-refractivity contribution in [3.05, 3.63) is 29.8 Å². The summed E-state index contributed by atoms with van der Waals surface area (Å²) in [7, 11) is 0. The number of piperidine rings is 1. The van der Waals surface area contributed by atoms with Gasteiger partial charge in [-0.25, -0.2) is 0 Å². The number of anilines is 1. The van der Waals surface area contributed by atoms with Gasteiger partial charge in [0.15, 0.2) is 0 Å². The highest BCUT2D eigenvalue weighted by Gasteiger charge is 2.31. The number of benzene rings is 1. The van der Waals surface area contributed by atoms with Gasteiger partial charge >= 0.3 is 11.8 Å². The normalized spacial score (nSPS) is 17.9. The molecule has 3 rings (SSSR count). The van der Waals surface area contributed by atoms with E-state index in [1.165, 1.54) is 4.90 Å². The monoisotopic (exact) mass is 301 g/mol. The van der Waals surface area contributed by atoms with Crippen molar-refractivity contribution in [1.29, 1.82) is 0 Å². The summed E-state index contributed by atoms with van der Waals surface area (Å²) in [5, 5.41) is 5.42. The Morgan fingerprint density at radius 1 is 1.14 bits per heavy atom. The first kappa shape index (κ1) is 14.7. The van der Waals surface area contributed by atoms with E-state index in [1.54, 1.807) is 0 Å². The van der Waals surface area contributed by atoms with E-state index in [-0.39, 0.29) is 11.8 Å². The molecule has 1 saturated heterocycles. The van der Waals surface area contributed by atoms with E-state index < -0.39 is 11.8 Å². The van der Waals surface area contributed by atoms with Crippen LogP contribution >= 0.6 is 0 Å². The largest absolute Gasteiger partial charge is 0.317 e. The molecule has 0 saturated carbocycles. The van der Waals surface area contributed by atoms with Crippen LogP contribution in [0.4, 0.5) is 5.69 Å². The van der Waals surface area contributed by atoms with Crippen LogP contribution < -0.4 is 15.5 Å². The number of amides is 3. The van der Waals surface area contributed by atoms with Gasteiger partial charge in [-0.2, -0.15) is 0 Å². The van der Waals surface area contributed by atoms with Crippen LogP contribution in [-0.4, -0.2) is 37.4 Å². The van der Waals surface area contributed by atoms with Crippen LogP contribution in [0, 0.1) is 5.92 Å². The van der Waals surface area contributed by atoms with Crippen molar-refractivity contribution in [3.63, 3.8) is 0 Å². The molecule has 22 heavy (non-hydrogen) atoms. The van der Waals surface area contributed by atoms with Crippen LogP contribution in [0.3, 0.4) is 0 Å². The fourth-order valence-electron chi connectivity index (χ4n) is 3.02. The molecule has 0 radical (unpaired) electrons. The molecule has 2 aliphatic heterocycles. The first-order valence-corrected chi connectivity index (χ1v) is 7.62. The van der Waals surface area contributed by atoms with Crippen LogP contribution in [0.25, 0.3) is 0 Å². The number of nitrogens with one attached hydrogen (secondary N) is 2. The molecule has 0 aromatic heterocycles. The Kier molecular flexibility index (Phi) is 4.20. The first-order valence-electron chi connectivity index (χ1n) is 7.62. The van der Waals surface area contributed by atoms with E-state index in [2.05, 4.69) is 10.6 Å². The average Bonchev–Trinajstić information content (AvgIpc) is 2.99. The summed E-state index contributed by atoms with van der Waals surface area (Å²) in [6.45, 7) is 2.01. The maximum Gasteiger partial charge on any atom is 0.316 e. The van der Waals surface area contributed by atoms with Crippen molar-refractivity contribution in [2.24, 2.45) is 5.92 Å². The molecule has 1 fully saturated rings. The van der Waals surface area contributed by atoms with Crippen molar-refractivity contribution in [2.75, 3.05) is 24.5 Å². The van der Waals surface area contributed by atoms with Crippen molar-refractivity contribution in [3.8, 4) is 0 Å². The second kappa shape index (κ2) is 6.27. The van der Waals surface area contributed by atoms with E-state index in [0.717, 1.165) is 30.8 Å². The number of para-hydroxylation sites is 1. The molecule has 0 unspecified atom stereocenters. The Labute approximate surface area is 128 Å². The molecular weight excluding hydrogens is 282 g/mol. The molecule has 3 amide bonds. The minimum Gasteiger partial charge on any atom is -0.317 e. The van der Waals surface area contributed by atoms with E-state index in [1.807, 2.05) is 24.3 Å². The number of hydrogen-bond acceptors (Lipinski definition) is 4. The fourth-order valence-corrected chi connectivity index (χ4v) is 3.02. The third-order valence-electron chi connectivity index (χ3n) is 4.27. The summed E-state index contributed by atoms with van der Waals surface area (Å²) in [5.74, 6) is -2.02. The summed E-state index contributed by atoms with van der Waals surface area (Å²) < 4.78 is 0. The second-order valence-corrected chi connectivity index (χ2v) is 5.68. The maximum absolute atomic E-state index is 12.3. The van der Waals surface area contributed by atoms with Gasteiger partial charge in [0, 0.05) is 18.2 Å². The van der Waals surface area contributed by atoms with Crippen LogP contribution in [0.1, 0.15) is 18.4 Å². The number of nitrogens with zero attached hydrogens (tertiary/aromatic N) is 1. The minimum atomic E-state index is -0.833. The molecule has 1 aromatic carbocycles. The summed E-state index contributed by atoms with van der Waals surface area (Å²) in [4.78, 5) is 37.8. The summed E-state index contributed by atoms with van der Waals surface area (Å²) in [5.41, 5.74) is 1.81. The zero-order valence-electron chi connectivity index (χ0n) is 12.3. The first-order chi connectivity index (χ1) is 10.7. The number of fused-ring (bicyclic) bond motifs is 1. The SMILES string of the molecule is O=C(NC(=O)C1CCNCC1)C(=O)N1CCc2ccccc21. The van der Waals surface area contributed by atoms with E-state index in [0.29, 0.717) is 19.4 Å². The molecular formula is C16H19N3O3. The zero-order chi connectivity index (χ0) is 15.5. The predicted molar refractivity (Wildman–Crippen MR) is 81.2 cm³/mol. The quantitative estimate of drug-likeness (QED) is 0.727. The lowest BCUT2D eigenvalue weighted by Gasteiger charge is -2.22. The van der Waals surface area contributed by atoms with E-state index in [9.17, 15) is 14.4 Å². The topological polar surface area (TPSA) is 78.5 Å². The highest BCUT2D eigenvalue weighted by atomic mass is 16.2. The Hall–Kier alpha value is -2.21. The van der Waals surface area contributed by atoms with E-state index in [4.69, 9.17) is 0 Å². The van der Waals surface area contributed by atoms with Crippen molar-refractivity contribution >= 4 is 23.4 Å². The van der Waals surface area contributed by atoms with Gasteiger partial charge < -0.3 is 10.2 Å². The third-order valence-corrected chi connectivity index (χ3v) is 4.27. The highest BCUT2D eigenvalue weighted by molar-refractivity contribution is 6.42. The average molecular weight is 301 g/mol. The second-order valence-electron chi connectivity index (χ2n) is 5.68. The highest BCUT2D eigenvalue weighted by Crippen LogP contribution is 2.27. The van der Waals surface area contributed by atoms with Gasteiger partial charge in [0.25, 0.3) is 0 Å². The van der Waals surface area contributed by atoms with Crippen LogP contribution in [-0.2, 0) is 20.8 Å². The summed E-state index contributed by atoms with van der Waals surface area (Å²) in [6.07, 6.45) is 2.12. The lowest BCUT2D eigenvalue weighted by Crippen LogP contribution is -2.47. The summed E-state index contributed by atoms with van der Waals surface area (Å²) in [6, 6.07) is 7.51. The number of imide groups is 1. The minimum absolute atomic E-state index is 0.191. The van der Waals surface area contributed by atoms with Gasteiger partial charge in [0.1, 0.15) is 0 Å². The summed E-state index contributed by atoms with van der Waals surface area (Å²) >= 11 is 0. The van der Waals surface area contributed by atoms with Gasteiger partial charge in [-0.15, -0.1) is 0 Å². The molecule has 1 aromatic rings. The van der Waals surface area contributed by atoms with Gasteiger partial charge in [-0.05, 0) is 44.0 Å². The Bertz CT molecular complexity index is 608. The molecule has 2 N–H and O–H groups in total. The van der Waals surface area contributed by atoms with Crippen molar-refractivity contribution in [2.45, 2.75) is 19.3 Å². The van der Waals surface area contributed by atoms with Crippen molar-refractivity contribution < 1.29 is 14.4 Å².